The molecule has 1 saturated heterocycles. The number of aliphatic hydroxyl groups is 1. The predicted octanol–water partition coefficient (Wildman–Crippen LogP) is 0.919. The van der Waals surface area contributed by atoms with Crippen LogP contribution in [-0.4, -0.2) is 35.6 Å². The summed E-state index contributed by atoms with van der Waals surface area (Å²) in [6, 6.07) is 7.89. The number of carbonyl (C=O) groups excluding carboxylic acids is 1. The maximum absolute atomic E-state index is 12.2. The molecular formula is C15H22N2O2. The Morgan fingerprint density at radius 3 is 2.63 bits per heavy atom. The summed E-state index contributed by atoms with van der Waals surface area (Å²) in [5.41, 5.74) is 7.67. The number of carbonyl (C=O) groups is 1. The molecule has 0 radical (unpaired) electrons. The zero-order valence-corrected chi connectivity index (χ0v) is 11.2. The van der Waals surface area contributed by atoms with Gasteiger partial charge in [-0.2, -0.15) is 0 Å². The van der Waals surface area contributed by atoms with Crippen molar-refractivity contribution in [1.82, 2.24) is 4.90 Å². The largest absolute Gasteiger partial charge is 0.396 e. The lowest BCUT2D eigenvalue weighted by atomic mass is 10.1. The minimum Gasteiger partial charge on any atom is -0.396 e. The Kier molecular flexibility index (Phi) is 4.93. The molecule has 1 unspecified atom stereocenters. The van der Waals surface area contributed by atoms with E-state index in [9.17, 15) is 4.79 Å². The fraction of sp³-hybridized carbons (Fsp3) is 0.533. The van der Waals surface area contributed by atoms with Crippen LogP contribution in [0.2, 0.25) is 0 Å². The van der Waals surface area contributed by atoms with Crippen molar-refractivity contribution in [1.29, 1.82) is 0 Å². The van der Waals surface area contributed by atoms with Gasteiger partial charge in [0.15, 0.2) is 0 Å². The zero-order valence-electron chi connectivity index (χ0n) is 11.2. The molecule has 0 bridgehead atoms. The normalized spacial score (nSPS) is 18.8. The molecule has 104 valence electrons. The summed E-state index contributed by atoms with van der Waals surface area (Å²) in [6.07, 6.45) is 2.27. The smallest absolute Gasteiger partial charge is 0.226 e. The van der Waals surface area contributed by atoms with Crippen LogP contribution in [0.25, 0.3) is 0 Å². The van der Waals surface area contributed by atoms with Gasteiger partial charge in [0, 0.05) is 26.2 Å². The van der Waals surface area contributed by atoms with Crippen molar-refractivity contribution in [3.63, 3.8) is 0 Å². The molecule has 1 aromatic rings. The number of hydrogen-bond acceptors (Lipinski definition) is 3. The van der Waals surface area contributed by atoms with E-state index in [1.165, 1.54) is 0 Å². The lowest BCUT2D eigenvalue weighted by molar-refractivity contribution is -0.129. The number of amides is 1. The zero-order chi connectivity index (χ0) is 13.7. The molecule has 3 N–H and O–H groups in total. The minimum absolute atomic E-state index is 0.181. The minimum atomic E-state index is 0.181. The highest BCUT2D eigenvalue weighted by Crippen LogP contribution is 2.20. The van der Waals surface area contributed by atoms with E-state index < -0.39 is 0 Å². The Bertz CT molecular complexity index is 417. The van der Waals surface area contributed by atoms with Crippen LogP contribution in [0.4, 0.5) is 0 Å². The predicted molar refractivity (Wildman–Crippen MR) is 74.4 cm³/mol. The van der Waals surface area contributed by atoms with Crippen LogP contribution in [0.5, 0.6) is 0 Å². The molecule has 0 aliphatic carbocycles. The highest BCUT2D eigenvalue weighted by molar-refractivity contribution is 5.79. The van der Waals surface area contributed by atoms with Crippen molar-refractivity contribution in [3.8, 4) is 0 Å². The molecule has 1 atom stereocenters. The first-order valence-electron chi connectivity index (χ1n) is 6.89. The Hall–Kier alpha value is -1.39. The van der Waals surface area contributed by atoms with Gasteiger partial charge in [-0.15, -0.1) is 0 Å². The lowest BCUT2D eigenvalue weighted by Crippen LogP contribution is -2.30. The van der Waals surface area contributed by atoms with Crippen molar-refractivity contribution in [2.75, 3.05) is 19.7 Å². The standard InChI is InChI=1S/C15H22N2O2/c16-10-13-3-1-12(2-4-13)9-15(19)17-7-5-14(11-17)6-8-18/h1-4,14,18H,5-11,16H2. The van der Waals surface area contributed by atoms with Crippen LogP contribution < -0.4 is 5.73 Å². The van der Waals surface area contributed by atoms with Crippen molar-refractivity contribution in [3.05, 3.63) is 35.4 Å². The van der Waals surface area contributed by atoms with Gasteiger partial charge in [-0.3, -0.25) is 4.79 Å². The number of likely N-dealkylation sites (tertiary alicyclic amines) is 1. The second-order valence-corrected chi connectivity index (χ2v) is 5.20. The monoisotopic (exact) mass is 262 g/mol. The maximum Gasteiger partial charge on any atom is 0.226 e. The molecule has 0 spiro atoms. The van der Waals surface area contributed by atoms with E-state index in [0.717, 1.165) is 37.1 Å². The molecule has 1 heterocycles. The number of nitrogens with two attached hydrogens (primary N) is 1. The van der Waals surface area contributed by atoms with E-state index in [-0.39, 0.29) is 12.5 Å². The summed E-state index contributed by atoms with van der Waals surface area (Å²) in [5, 5.41) is 8.92. The van der Waals surface area contributed by atoms with E-state index in [0.29, 0.717) is 18.9 Å². The van der Waals surface area contributed by atoms with Gasteiger partial charge in [-0.05, 0) is 29.9 Å². The number of rotatable bonds is 5. The van der Waals surface area contributed by atoms with E-state index in [1.54, 1.807) is 0 Å². The Morgan fingerprint density at radius 1 is 1.32 bits per heavy atom. The van der Waals surface area contributed by atoms with E-state index in [4.69, 9.17) is 10.8 Å². The molecule has 2 rings (SSSR count). The van der Waals surface area contributed by atoms with Crippen LogP contribution >= 0.6 is 0 Å². The van der Waals surface area contributed by atoms with Gasteiger partial charge < -0.3 is 15.7 Å². The first kappa shape index (κ1) is 14.0. The number of hydrogen-bond donors (Lipinski definition) is 2. The van der Waals surface area contributed by atoms with E-state index in [1.807, 2.05) is 29.2 Å². The molecular weight excluding hydrogens is 240 g/mol. The molecule has 1 aliphatic heterocycles. The van der Waals surface area contributed by atoms with Gasteiger partial charge in [0.1, 0.15) is 0 Å². The molecule has 4 heteroatoms. The lowest BCUT2D eigenvalue weighted by Gasteiger charge is -2.16. The highest BCUT2D eigenvalue weighted by Gasteiger charge is 2.25. The second kappa shape index (κ2) is 6.68. The van der Waals surface area contributed by atoms with Gasteiger partial charge >= 0.3 is 0 Å². The van der Waals surface area contributed by atoms with Gasteiger partial charge in [0.05, 0.1) is 6.42 Å². The first-order chi connectivity index (χ1) is 9.22. The maximum atomic E-state index is 12.2. The van der Waals surface area contributed by atoms with Crippen LogP contribution in [0.15, 0.2) is 24.3 Å². The van der Waals surface area contributed by atoms with Crippen LogP contribution in [0.3, 0.4) is 0 Å². The summed E-state index contributed by atoms with van der Waals surface area (Å²) in [7, 11) is 0. The van der Waals surface area contributed by atoms with E-state index in [2.05, 4.69) is 0 Å². The van der Waals surface area contributed by atoms with Gasteiger partial charge in [0.25, 0.3) is 0 Å². The van der Waals surface area contributed by atoms with Crippen LogP contribution in [0, 0.1) is 5.92 Å². The summed E-state index contributed by atoms with van der Waals surface area (Å²) in [5.74, 6) is 0.648. The average molecular weight is 262 g/mol. The van der Waals surface area contributed by atoms with Crippen LogP contribution in [0.1, 0.15) is 24.0 Å². The van der Waals surface area contributed by atoms with Gasteiger partial charge in [-0.1, -0.05) is 24.3 Å². The van der Waals surface area contributed by atoms with Gasteiger partial charge in [-0.25, -0.2) is 0 Å². The Labute approximate surface area is 114 Å². The fourth-order valence-electron chi connectivity index (χ4n) is 2.56. The Balaban J connectivity index is 1.87. The highest BCUT2D eigenvalue weighted by atomic mass is 16.3. The van der Waals surface area contributed by atoms with Crippen molar-refractivity contribution in [2.24, 2.45) is 11.7 Å². The summed E-state index contributed by atoms with van der Waals surface area (Å²) in [4.78, 5) is 14.1. The number of nitrogens with zero attached hydrogens (tertiary/aromatic N) is 1. The molecule has 19 heavy (non-hydrogen) atoms. The third kappa shape index (κ3) is 3.78. The molecule has 4 nitrogen and oxygen atoms in total. The molecule has 1 aromatic carbocycles. The summed E-state index contributed by atoms with van der Waals surface area (Å²) in [6.45, 7) is 2.36. The number of aliphatic hydroxyl groups excluding tert-OH is 1. The van der Waals surface area contributed by atoms with Crippen molar-refractivity contribution >= 4 is 5.91 Å². The summed E-state index contributed by atoms with van der Waals surface area (Å²) < 4.78 is 0. The Morgan fingerprint density at radius 2 is 2.00 bits per heavy atom. The molecule has 1 amide bonds. The molecule has 0 aromatic heterocycles. The van der Waals surface area contributed by atoms with Crippen molar-refractivity contribution < 1.29 is 9.90 Å². The third-order valence-corrected chi connectivity index (χ3v) is 3.79. The topological polar surface area (TPSA) is 66.6 Å². The average Bonchev–Trinajstić information content (AvgIpc) is 2.89. The first-order valence-corrected chi connectivity index (χ1v) is 6.89. The fourth-order valence-corrected chi connectivity index (χ4v) is 2.56. The SMILES string of the molecule is NCc1ccc(CC(=O)N2CCC(CCO)C2)cc1. The quantitative estimate of drug-likeness (QED) is 0.829. The molecule has 0 saturated carbocycles. The van der Waals surface area contributed by atoms with Gasteiger partial charge in [0.2, 0.25) is 5.91 Å². The molecule has 1 fully saturated rings. The van der Waals surface area contributed by atoms with Crippen molar-refractivity contribution in [2.45, 2.75) is 25.8 Å². The van der Waals surface area contributed by atoms with E-state index >= 15 is 0 Å². The number of benzene rings is 1. The van der Waals surface area contributed by atoms with Crippen LogP contribution in [-0.2, 0) is 17.8 Å². The summed E-state index contributed by atoms with van der Waals surface area (Å²) >= 11 is 0. The molecule has 1 aliphatic rings. The third-order valence-electron chi connectivity index (χ3n) is 3.79. The second-order valence-electron chi connectivity index (χ2n) is 5.20.